The number of nitrogen functional groups attached to an aromatic ring is 1. The number of ether oxygens (including phenoxy) is 2. The highest BCUT2D eigenvalue weighted by Crippen LogP contribution is 2.46. The summed E-state index contributed by atoms with van der Waals surface area (Å²) in [5, 5.41) is 13.3. The number of carbonyl (C=O) groups is 2. The summed E-state index contributed by atoms with van der Waals surface area (Å²) in [7, 11) is -4.22. The average Bonchev–Trinajstić information content (AvgIpc) is 3.45. The molecule has 0 aromatic carbocycles. The molecule has 2 aromatic rings. The number of aliphatic hydroxyl groups is 1. The number of thioether (sulfide) groups is 1. The van der Waals surface area contributed by atoms with E-state index in [2.05, 4.69) is 20.0 Å². The molecule has 1 aliphatic heterocycles. The van der Waals surface area contributed by atoms with Crippen LogP contribution in [0.4, 0.5) is 10.2 Å². The van der Waals surface area contributed by atoms with E-state index in [1.165, 1.54) is 24.1 Å². The minimum atomic E-state index is -4.22. The molecule has 6 atom stereocenters. The van der Waals surface area contributed by atoms with E-state index in [1.807, 2.05) is 0 Å². The highest BCUT2D eigenvalue weighted by molar-refractivity contribution is 8.13. The first kappa shape index (κ1) is 33.3. The molecular weight excluding hydrogens is 582 g/mol. The molecule has 4 N–H and O–H groups in total. The summed E-state index contributed by atoms with van der Waals surface area (Å²) in [5.74, 6) is -1.46. The number of aromatic nitrogens is 4. The van der Waals surface area contributed by atoms with E-state index in [-0.39, 0.29) is 34.5 Å². The molecule has 0 radical (unpaired) electrons. The van der Waals surface area contributed by atoms with Crippen molar-refractivity contribution in [3.8, 4) is 0 Å². The van der Waals surface area contributed by atoms with Crippen LogP contribution in [0.1, 0.15) is 47.8 Å². The quantitative estimate of drug-likeness (QED) is 0.168. The third kappa shape index (κ3) is 8.43. The lowest BCUT2D eigenvalue weighted by Crippen LogP contribution is -2.37. The Morgan fingerprint density at radius 2 is 1.98 bits per heavy atom. The second-order valence-corrected chi connectivity index (χ2v) is 13.6. The van der Waals surface area contributed by atoms with E-state index in [4.69, 9.17) is 24.3 Å². The lowest BCUT2D eigenvalue weighted by molar-refractivity contribution is -0.149. The molecule has 0 aliphatic carbocycles. The van der Waals surface area contributed by atoms with Crippen molar-refractivity contribution >= 4 is 47.6 Å². The molecule has 0 spiro atoms. The number of rotatable bonds is 13. The Labute approximate surface area is 241 Å². The number of nitrogens with two attached hydrogens (primary N) is 1. The van der Waals surface area contributed by atoms with Crippen LogP contribution in [0.5, 0.6) is 0 Å². The van der Waals surface area contributed by atoms with E-state index in [0.717, 1.165) is 11.8 Å². The summed E-state index contributed by atoms with van der Waals surface area (Å²) in [4.78, 5) is 36.7. The van der Waals surface area contributed by atoms with Crippen molar-refractivity contribution < 1.29 is 42.2 Å². The first-order valence-corrected chi connectivity index (χ1v) is 15.6. The lowest BCUT2D eigenvalue weighted by atomic mass is 10.00. The zero-order valence-corrected chi connectivity index (χ0v) is 25.6. The van der Waals surface area contributed by atoms with E-state index < -0.39 is 68.9 Å². The molecule has 17 heteroatoms. The third-order valence-electron chi connectivity index (χ3n) is 6.02. The van der Waals surface area contributed by atoms with Gasteiger partial charge in [0.1, 0.15) is 24.0 Å². The predicted molar refractivity (Wildman–Crippen MR) is 149 cm³/mol. The zero-order valence-electron chi connectivity index (χ0n) is 23.9. The molecule has 3 rings (SSSR count). The van der Waals surface area contributed by atoms with Crippen LogP contribution < -0.4 is 10.8 Å². The maximum Gasteiger partial charge on any atom is 0.406 e. The molecule has 0 saturated carbocycles. The van der Waals surface area contributed by atoms with Crippen LogP contribution in [-0.4, -0.2) is 85.7 Å². The van der Waals surface area contributed by atoms with Gasteiger partial charge < -0.3 is 20.3 Å². The number of alkyl halides is 1. The second kappa shape index (κ2) is 13.8. The smallest absolute Gasteiger partial charge is 0.406 e. The number of imidazole rings is 1. The van der Waals surface area contributed by atoms with Gasteiger partial charge in [-0.05, 0) is 20.8 Å². The summed E-state index contributed by atoms with van der Waals surface area (Å²) in [5.41, 5.74) is 5.82. The normalized spacial score (nSPS) is 23.5. The SMILES string of the molecule is CC(C)OC(=O)[C@H](C)NP(=O)(OCCSC(=O)C(C)(C)C)OC[C@H]1O[C@@H](n2cnc3c(N)ncnc32)[C@H](O)[C@@H]1CF. The van der Waals surface area contributed by atoms with Gasteiger partial charge in [-0.1, -0.05) is 32.5 Å². The minimum absolute atomic E-state index is 0.0806. The van der Waals surface area contributed by atoms with Gasteiger partial charge in [0, 0.05) is 17.1 Å². The van der Waals surface area contributed by atoms with Crippen LogP contribution >= 0.6 is 19.5 Å². The van der Waals surface area contributed by atoms with Gasteiger partial charge in [0.2, 0.25) is 0 Å². The third-order valence-corrected chi connectivity index (χ3v) is 8.98. The number of hydrogen-bond acceptors (Lipinski definition) is 13. The lowest BCUT2D eigenvalue weighted by Gasteiger charge is -2.25. The summed E-state index contributed by atoms with van der Waals surface area (Å²) < 4.78 is 51.4. The topological polar surface area (TPSA) is 190 Å². The van der Waals surface area contributed by atoms with Crippen LogP contribution in [0.25, 0.3) is 11.2 Å². The highest BCUT2D eigenvalue weighted by Gasteiger charge is 2.46. The van der Waals surface area contributed by atoms with Crippen LogP contribution in [0.15, 0.2) is 12.7 Å². The second-order valence-electron chi connectivity index (χ2n) is 10.8. The Bertz CT molecular complexity index is 1260. The number of nitrogens with one attached hydrogen (secondary N) is 1. The monoisotopic (exact) mass is 620 g/mol. The fraction of sp³-hybridized carbons (Fsp3) is 0.708. The van der Waals surface area contributed by atoms with Gasteiger partial charge in [-0.3, -0.25) is 27.6 Å². The van der Waals surface area contributed by atoms with E-state index >= 15 is 0 Å². The molecule has 3 heterocycles. The standard InChI is InChI=1S/C24H38FN6O8PS/c1-13(2)38-22(33)14(3)30-40(35,36-7-8-41-23(34)24(4,5)6)37-10-16-15(9-25)18(32)21(39-16)31-12-29-17-19(26)27-11-28-20(17)31/h11-16,18,21,32H,7-10H2,1-6H3,(H,30,35)(H2,26,27,28)/t14-,15+,16+,18+,21+,40?/m0/s1. The summed E-state index contributed by atoms with van der Waals surface area (Å²) in [6.45, 7) is 8.50. The number of anilines is 1. The van der Waals surface area contributed by atoms with E-state index in [9.17, 15) is 23.7 Å². The largest absolute Gasteiger partial charge is 0.462 e. The molecule has 1 fully saturated rings. The molecule has 1 unspecified atom stereocenters. The number of nitrogens with zero attached hydrogens (tertiary/aromatic N) is 4. The molecular formula is C24H38FN6O8PS. The van der Waals surface area contributed by atoms with Crippen molar-refractivity contribution in [2.75, 3.05) is 31.4 Å². The van der Waals surface area contributed by atoms with Crippen LogP contribution in [0.3, 0.4) is 0 Å². The average molecular weight is 621 g/mol. The van der Waals surface area contributed by atoms with Crippen molar-refractivity contribution in [1.82, 2.24) is 24.6 Å². The molecule has 0 amide bonds. The summed E-state index contributed by atoms with van der Waals surface area (Å²) in [6.07, 6.45) is -1.35. The Morgan fingerprint density at radius 1 is 1.27 bits per heavy atom. The van der Waals surface area contributed by atoms with Gasteiger partial charge in [0.05, 0.1) is 38.4 Å². The molecule has 2 aromatic heterocycles. The number of carbonyl (C=O) groups excluding carboxylic acids is 2. The summed E-state index contributed by atoms with van der Waals surface area (Å²) >= 11 is 1.01. The van der Waals surface area contributed by atoms with Gasteiger partial charge in [0.25, 0.3) is 0 Å². The summed E-state index contributed by atoms with van der Waals surface area (Å²) in [6, 6.07) is -1.09. The highest BCUT2D eigenvalue weighted by atomic mass is 32.2. The maximum atomic E-state index is 14.1. The van der Waals surface area contributed by atoms with Crippen LogP contribution in [-0.2, 0) is 32.7 Å². The number of halogens is 1. The minimum Gasteiger partial charge on any atom is -0.462 e. The molecule has 14 nitrogen and oxygen atoms in total. The fourth-order valence-electron chi connectivity index (χ4n) is 3.85. The van der Waals surface area contributed by atoms with Gasteiger partial charge in [0.15, 0.2) is 22.8 Å². The number of aliphatic hydroxyl groups excluding tert-OH is 1. The van der Waals surface area contributed by atoms with Crippen molar-refractivity contribution in [2.24, 2.45) is 11.3 Å². The van der Waals surface area contributed by atoms with Crippen molar-refractivity contribution in [1.29, 1.82) is 0 Å². The van der Waals surface area contributed by atoms with Gasteiger partial charge in [-0.15, -0.1) is 0 Å². The molecule has 1 aliphatic rings. The van der Waals surface area contributed by atoms with Crippen LogP contribution in [0, 0.1) is 11.3 Å². The van der Waals surface area contributed by atoms with Crippen LogP contribution in [0.2, 0.25) is 0 Å². The number of esters is 1. The van der Waals surface area contributed by atoms with Gasteiger partial charge in [-0.2, -0.15) is 0 Å². The molecule has 230 valence electrons. The molecule has 1 saturated heterocycles. The Hall–Kier alpha value is -2.20. The Morgan fingerprint density at radius 3 is 2.61 bits per heavy atom. The van der Waals surface area contributed by atoms with Crippen molar-refractivity contribution in [3.63, 3.8) is 0 Å². The maximum absolute atomic E-state index is 14.1. The predicted octanol–water partition coefficient (Wildman–Crippen LogP) is 2.63. The first-order valence-electron chi connectivity index (χ1n) is 13.0. The van der Waals surface area contributed by atoms with Gasteiger partial charge in [-0.25, -0.2) is 24.6 Å². The number of hydrogen-bond donors (Lipinski definition) is 3. The van der Waals surface area contributed by atoms with E-state index in [0.29, 0.717) is 0 Å². The zero-order chi connectivity index (χ0) is 30.5. The number of fused-ring (bicyclic) bond motifs is 1. The van der Waals surface area contributed by atoms with Crippen molar-refractivity contribution in [2.45, 2.75) is 72.1 Å². The molecule has 0 bridgehead atoms. The Kier molecular flexibility index (Phi) is 11.2. The Balaban J connectivity index is 1.73. The first-order chi connectivity index (χ1) is 19.2. The van der Waals surface area contributed by atoms with E-state index in [1.54, 1.807) is 34.6 Å². The van der Waals surface area contributed by atoms with Crippen molar-refractivity contribution in [3.05, 3.63) is 12.7 Å². The fourth-order valence-corrected chi connectivity index (χ4v) is 6.23. The molecule has 41 heavy (non-hydrogen) atoms. The van der Waals surface area contributed by atoms with Gasteiger partial charge >= 0.3 is 13.7 Å².